The highest BCUT2D eigenvalue weighted by molar-refractivity contribution is 7.92. The Morgan fingerprint density at radius 2 is 0.986 bits per heavy atom. The predicted octanol–water partition coefficient (Wildman–Crippen LogP) is 12.7. The zero-order valence-electron chi connectivity index (χ0n) is 37.7. The number of hydrogen-bond acceptors (Lipinski definition) is 8. The molecule has 3 unspecified atom stereocenters. The Kier molecular flexibility index (Phi) is 14.2. The molecule has 0 radical (unpaired) electrons. The maximum atomic E-state index is 14.2. The van der Waals surface area contributed by atoms with Gasteiger partial charge in [-0.25, -0.2) is 16.8 Å². The lowest BCUT2D eigenvalue weighted by Gasteiger charge is -2.40. The summed E-state index contributed by atoms with van der Waals surface area (Å²) in [5.41, 5.74) is -3.98. The molecule has 0 bridgehead atoms. The third-order valence-electron chi connectivity index (χ3n) is 12.9. The smallest absolute Gasteiger partial charge is 0.449 e. The van der Waals surface area contributed by atoms with Gasteiger partial charge in [-0.05, 0) is 122 Å². The Balaban J connectivity index is 1.68. The van der Waals surface area contributed by atoms with Crippen molar-refractivity contribution in [1.82, 2.24) is 0 Å². The molecule has 0 aliphatic rings. The summed E-state index contributed by atoms with van der Waals surface area (Å²) in [5.74, 6) is -7.66. The zero-order valence-corrected chi connectivity index (χ0v) is 39.4. The van der Waals surface area contributed by atoms with E-state index in [0.717, 1.165) is 28.6 Å². The van der Waals surface area contributed by atoms with Crippen LogP contribution >= 0.6 is 0 Å². The molecule has 0 saturated carbocycles. The van der Waals surface area contributed by atoms with Crippen molar-refractivity contribution in [2.24, 2.45) is 0 Å². The first-order valence-electron chi connectivity index (χ1n) is 21.2. The molecule has 0 spiro atoms. The molecule has 0 saturated heterocycles. The molecule has 0 amide bonds. The highest BCUT2D eigenvalue weighted by Gasteiger charge is 2.46. The van der Waals surface area contributed by atoms with Gasteiger partial charge in [-0.15, -0.1) is 0 Å². The average molecular weight is 1020 g/mol. The minimum atomic E-state index is -4.97. The van der Waals surface area contributed by atoms with Gasteiger partial charge in [0.15, 0.2) is 15.6 Å². The minimum absolute atomic E-state index is 0.0138. The molecule has 0 aliphatic heterocycles. The number of hydrogen-bond donors (Lipinski definition) is 2. The first-order valence-corrected chi connectivity index (χ1v) is 24.0. The fourth-order valence-corrected chi connectivity index (χ4v) is 10.00. The second-order valence-corrected chi connectivity index (χ2v) is 20.1. The average Bonchev–Trinajstić information content (AvgIpc) is 4.10. The summed E-state index contributed by atoms with van der Waals surface area (Å²) in [6, 6.07) is 19.7. The van der Waals surface area contributed by atoms with Crippen molar-refractivity contribution in [3.05, 3.63) is 154 Å². The number of furan rings is 3. The number of benzene rings is 3. The second kappa shape index (κ2) is 18.7. The summed E-state index contributed by atoms with van der Waals surface area (Å²) in [6.07, 6.45) is -15.0. The molecule has 6 aromatic rings. The van der Waals surface area contributed by atoms with Crippen LogP contribution in [0.5, 0.6) is 0 Å². The van der Waals surface area contributed by atoms with Crippen LogP contribution in [0.4, 0.5) is 45.2 Å². The number of sulfone groups is 1. The number of carbonyl (C=O) groups is 1. The van der Waals surface area contributed by atoms with Crippen LogP contribution in [0.25, 0.3) is 11.1 Å². The summed E-state index contributed by atoms with van der Waals surface area (Å²) in [4.78, 5) is 11.0. The van der Waals surface area contributed by atoms with Crippen molar-refractivity contribution in [3.63, 3.8) is 0 Å². The van der Waals surface area contributed by atoms with Gasteiger partial charge in [0, 0.05) is 0 Å². The van der Waals surface area contributed by atoms with Crippen LogP contribution in [0.3, 0.4) is 0 Å². The summed E-state index contributed by atoms with van der Waals surface area (Å²) < 4.78 is 198. The molecule has 10 nitrogen and oxygen atoms in total. The molecular weight excluding hydrogens is 970 g/mol. The van der Waals surface area contributed by atoms with Gasteiger partial charge in [-0.2, -0.15) is 39.5 Å². The molecule has 0 aliphatic carbocycles. The number of carboxylic acid groups (broad SMARTS) is 1. The van der Waals surface area contributed by atoms with Gasteiger partial charge in [0.1, 0.15) is 17.3 Å². The van der Waals surface area contributed by atoms with E-state index < -0.39 is 91.0 Å². The number of aliphatic carboxylic acids is 1. The second-order valence-electron chi connectivity index (χ2n) is 17.1. The highest BCUT2D eigenvalue weighted by Crippen LogP contribution is 2.53. The van der Waals surface area contributed by atoms with Crippen LogP contribution in [0.15, 0.2) is 115 Å². The predicted molar refractivity (Wildman–Crippen MR) is 236 cm³/mol. The summed E-state index contributed by atoms with van der Waals surface area (Å²) in [6.45, 7) is 8.76. The van der Waals surface area contributed by atoms with Gasteiger partial charge in [0.2, 0.25) is 28.2 Å². The third kappa shape index (κ3) is 10.3. The number of anilines is 1. The molecule has 1 N–H and O–H groups in total. The van der Waals surface area contributed by atoms with Gasteiger partial charge in [-0.1, -0.05) is 69.3 Å². The van der Waals surface area contributed by atoms with Crippen molar-refractivity contribution in [1.29, 1.82) is 0 Å². The van der Waals surface area contributed by atoms with E-state index in [9.17, 15) is 61.1 Å². The first kappa shape index (κ1) is 52.4. The SMILES string of the molecule is CCC(C)(c1cc(C(C)(CC)c2ccc(C(F)(F)F)o2)c(N(Cc2ccc(-c3cccc(S(=O)(=O)CC(=O)O)c3)cc2)[SH](=O)=O)c(C(C)(CC)c2ccc(C(F)(F)F)o2)c1)c1ccc(C(F)(F)F)o1. The lowest BCUT2D eigenvalue weighted by Crippen LogP contribution is -2.35. The summed E-state index contributed by atoms with van der Waals surface area (Å²) in [7, 11) is -8.01. The Labute approximate surface area is 392 Å². The Hall–Kier alpha value is -5.96. The van der Waals surface area contributed by atoms with E-state index in [0.29, 0.717) is 23.3 Å². The molecule has 0 fully saturated rings. The molecule has 3 aromatic heterocycles. The van der Waals surface area contributed by atoms with Crippen molar-refractivity contribution < 1.29 is 79.5 Å². The normalized spacial score (nSPS) is 15.4. The fraction of sp³-hybridized carbons (Fsp3) is 0.354. The van der Waals surface area contributed by atoms with E-state index in [1.807, 2.05) is 0 Å². The molecule has 21 heteroatoms. The maximum absolute atomic E-state index is 14.2. The number of halogens is 9. The van der Waals surface area contributed by atoms with Crippen LogP contribution in [0.2, 0.25) is 0 Å². The van der Waals surface area contributed by atoms with Crippen LogP contribution in [-0.4, -0.2) is 33.7 Å². The number of alkyl halides is 9. The van der Waals surface area contributed by atoms with E-state index in [1.54, 1.807) is 26.8 Å². The molecule has 3 atom stereocenters. The zero-order chi connectivity index (χ0) is 51.3. The van der Waals surface area contributed by atoms with Gasteiger partial charge in [0.05, 0.1) is 33.4 Å². The van der Waals surface area contributed by atoms with Gasteiger partial charge < -0.3 is 18.4 Å². The fourth-order valence-electron chi connectivity index (χ4n) is 8.26. The van der Waals surface area contributed by atoms with Crippen molar-refractivity contribution >= 4 is 32.4 Å². The van der Waals surface area contributed by atoms with E-state index in [1.165, 1.54) is 75.4 Å². The van der Waals surface area contributed by atoms with Crippen molar-refractivity contribution in [2.75, 3.05) is 10.1 Å². The molecule has 69 heavy (non-hydrogen) atoms. The van der Waals surface area contributed by atoms with Gasteiger partial charge in [0.25, 0.3) is 0 Å². The van der Waals surface area contributed by atoms with Crippen LogP contribution in [0, 0.1) is 0 Å². The summed E-state index contributed by atoms with van der Waals surface area (Å²) in [5, 5.41) is 9.13. The lowest BCUT2D eigenvalue weighted by atomic mass is 9.67. The van der Waals surface area contributed by atoms with E-state index in [2.05, 4.69) is 0 Å². The Morgan fingerprint density at radius 3 is 1.35 bits per heavy atom. The highest BCUT2D eigenvalue weighted by atomic mass is 32.2. The minimum Gasteiger partial charge on any atom is -0.480 e. The Morgan fingerprint density at radius 1 is 0.580 bits per heavy atom. The molecule has 3 aromatic carbocycles. The van der Waals surface area contributed by atoms with Crippen LogP contribution in [-0.2, 0) is 66.8 Å². The molecular formula is C48H46F9NO9S2. The van der Waals surface area contributed by atoms with E-state index in [-0.39, 0.29) is 69.4 Å². The number of rotatable bonds is 17. The Bertz CT molecular complexity index is 2940. The van der Waals surface area contributed by atoms with Gasteiger partial charge in [-0.3, -0.25) is 9.10 Å². The maximum Gasteiger partial charge on any atom is 0.449 e. The first-order chi connectivity index (χ1) is 31.9. The number of nitrogens with zero attached hydrogens (tertiary/aromatic N) is 1. The van der Waals surface area contributed by atoms with E-state index in [4.69, 9.17) is 18.4 Å². The number of carboxylic acids is 1. The lowest BCUT2D eigenvalue weighted by molar-refractivity contribution is -0.154. The molecule has 6 rings (SSSR count). The van der Waals surface area contributed by atoms with Crippen molar-refractivity contribution in [3.8, 4) is 11.1 Å². The van der Waals surface area contributed by atoms with E-state index >= 15 is 0 Å². The largest absolute Gasteiger partial charge is 0.480 e. The quantitative estimate of drug-likeness (QED) is 0.0673. The van der Waals surface area contributed by atoms with Gasteiger partial charge >= 0.3 is 24.5 Å². The third-order valence-corrected chi connectivity index (χ3v) is 15.3. The van der Waals surface area contributed by atoms with Crippen molar-refractivity contribution in [2.45, 2.75) is 107 Å². The molecule has 372 valence electrons. The summed E-state index contributed by atoms with van der Waals surface area (Å²) >= 11 is 0. The topological polar surface area (TPSA) is 148 Å². The van der Waals surface area contributed by atoms with Crippen LogP contribution in [0.1, 0.15) is 118 Å². The standard InChI is InChI=1S/C48H46F9NO9S2/c1-7-43(4,35-17-20-38(65-35)46(49,50)51)31-24-33(44(5,8-2)36-18-21-39(66-36)47(52,53)54)42(34(25-31)45(6,9-3)37-19-22-40(67-37)48(55,56)57)58(68(61)62)26-28-13-15-29(16-14-28)30-11-10-12-32(23-30)69(63,64)27-41(59)60/h10-25,68H,7-9,26-27H2,1-6H3,(H,59,60). The molecule has 3 heterocycles. The van der Waals surface area contributed by atoms with Crippen LogP contribution < -0.4 is 4.31 Å². The number of thiol groups is 1. The monoisotopic (exact) mass is 1020 g/mol.